The van der Waals surface area contributed by atoms with E-state index in [9.17, 15) is 8.78 Å². The lowest BCUT2D eigenvalue weighted by molar-refractivity contribution is -0.103. The number of hydrogen-bond acceptors (Lipinski definition) is 7. The first-order chi connectivity index (χ1) is 15.6. The number of nitrogens with two attached hydrogens (primary N) is 1. The Kier molecular flexibility index (Phi) is 5.44. The quantitative estimate of drug-likeness (QED) is 0.467. The molecular formula is C22H22F2N6O2. The van der Waals surface area contributed by atoms with E-state index in [1.165, 1.54) is 24.5 Å². The lowest BCUT2D eigenvalue weighted by Gasteiger charge is -2.26. The van der Waals surface area contributed by atoms with Crippen LogP contribution >= 0.6 is 0 Å². The first-order valence-corrected chi connectivity index (χ1v) is 10.4. The molecule has 1 aromatic carbocycles. The molecule has 8 nitrogen and oxygen atoms in total. The minimum absolute atomic E-state index is 0.0276. The Balaban J connectivity index is 1.43. The van der Waals surface area contributed by atoms with E-state index in [1.54, 1.807) is 16.9 Å². The summed E-state index contributed by atoms with van der Waals surface area (Å²) in [6.07, 6.45) is 7.77. The van der Waals surface area contributed by atoms with Gasteiger partial charge in [0.05, 0.1) is 31.7 Å². The topological polar surface area (TPSA) is 90.3 Å². The second kappa shape index (κ2) is 8.54. The molecule has 0 unspecified atom stereocenters. The molecule has 3 aromatic rings. The normalized spacial score (nSPS) is 19.8. The van der Waals surface area contributed by atoms with E-state index >= 15 is 0 Å². The van der Waals surface area contributed by atoms with Crippen LogP contribution in [-0.2, 0) is 9.47 Å². The van der Waals surface area contributed by atoms with E-state index < -0.39 is 11.6 Å². The van der Waals surface area contributed by atoms with Crippen molar-refractivity contribution in [1.82, 2.24) is 14.6 Å². The SMILES string of the molecule is NC=C(C=Nc1cnn2ccc(N3CCC[C@@H]3c3cc(F)ccc3F)nc12)OC1COC1. The van der Waals surface area contributed by atoms with Gasteiger partial charge in [-0.15, -0.1) is 0 Å². The molecule has 0 saturated carbocycles. The number of aromatic nitrogens is 3. The summed E-state index contributed by atoms with van der Waals surface area (Å²) < 4.78 is 40.6. The van der Waals surface area contributed by atoms with Gasteiger partial charge in [0.15, 0.2) is 11.4 Å². The lowest BCUT2D eigenvalue weighted by atomic mass is 10.0. The van der Waals surface area contributed by atoms with Gasteiger partial charge in [0.2, 0.25) is 0 Å². The molecule has 166 valence electrons. The van der Waals surface area contributed by atoms with E-state index in [0.717, 1.165) is 12.5 Å². The number of ether oxygens (including phenoxy) is 2. The number of aliphatic imine (C=N–C) groups is 1. The summed E-state index contributed by atoms with van der Waals surface area (Å²) in [4.78, 5) is 11.1. The summed E-state index contributed by atoms with van der Waals surface area (Å²) in [6, 6.07) is 5.08. The summed E-state index contributed by atoms with van der Waals surface area (Å²) in [6.45, 7) is 1.74. The van der Waals surface area contributed by atoms with Crippen LogP contribution in [0, 0.1) is 11.6 Å². The summed E-state index contributed by atoms with van der Waals surface area (Å²) >= 11 is 0. The highest BCUT2D eigenvalue weighted by Gasteiger charge is 2.30. The fourth-order valence-corrected chi connectivity index (χ4v) is 3.95. The Hall–Kier alpha value is -3.53. The van der Waals surface area contributed by atoms with Crippen molar-refractivity contribution in [2.45, 2.75) is 25.0 Å². The van der Waals surface area contributed by atoms with E-state index in [-0.39, 0.29) is 12.1 Å². The molecule has 1 atom stereocenters. The van der Waals surface area contributed by atoms with E-state index in [4.69, 9.17) is 20.2 Å². The molecule has 5 rings (SSSR count). The van der Waals surface area contributed by atoms with Crippen LogP contribution in [-0.4, -0.2) is 46.7 Å². The minimum atomic E-state index is -0.455. The second-order valence-corrected chi connectivity index (χ2v) is 7.71. The maximum Gasteiger partial charge on any atom is 0.183 e. The predicted octanol–water partition coefficient (Wildman–Crippen LogP) is 3.27. The van der Waals surface area contributed by atoms with Crippen molar-refractivity contribution in [3.8, 4) is 0 Å². The monoisotopic (exact) mass is 440 g/mol. The number of rotatable bonds is 6. The van der Waals surface area contributed by atoms with Gasteiger partial charge < -0.3 is 20.1 Å². The van der Waals surface area contributed by atoms with Crippen molar-refractivity contribution < 1.29 is 18.3 Å². The van der Waals surface area contributed by atoms with Gasteiger partial charge in [-0.2, -0.15) is 5.10 Å². The molecule has 2 saturated heterocycles. The third kappa shape index (κ3) is 3.89. The van der Waals surface area contributed by atoms with Crippen molar-refractivity contribution >= 4 is 23.4 Å². The summed E-state index contributed by atoms with van der Waals surface area (Å²) in [5.74, 6) is 0.202. The third-order valence-electron chi connectivity index (χ3n) is 5.61. The fourth-order valence-electron chi connectivity index (χ4n) is 3.95. The van der Waals surface area contributed by atoms with Crippen LogP contribution in [0.5, 0.6) is 0 Å². The zero-order valence-corrected chi connectivity index (χ0v) is 17.2. The largest absolute Gasteiger partial charge is 0.482 e. The molecule has 0 radical (unpaired) electrons. The van der Waals surface area contributed by atoms with Crippen LogP contribution in [0.25, 0.3) is 5.65 Å². The highest BCUT2D eigenvalue weighted by Crippen LogP contribution is 2.37. The van der Waals surface area contributed by atoms with Crippen LogP contribution in [0.2, 0.25) is 0 Å². The van der Waals surface area contributed by atoms with Crippen LogP contribution in [0.4, 0.5) is 20.3 Å². The number of hydrogen-bond donors (Lipinski definition) is 1. The number of benzene rings is 1. The van der Waals surface area contributed by atoms with Gasteiger partial charge in [-0.05, 0) is 37.1 Å². The summed E-state index contributed by atoms with van der Waals surface area (Å²) in [5, 5.41) is 4.28. The Morgan fingerprint density at radius 3 is 2.94 bits per heavy atom. The molecule has 2 aromatic heterocycles. The maximum atomic E-state index is 14.4. The van der Waals surface area contributed by atoms with Crippen LogP contribution in [0.15, 0.2) is 53.6 Å². The average Bonchev–Trinajstić information content (AvgIpc) is 3.41. The lowest BCUT2D eigenvalue weighted by Crippen LogP contribution is -2.36. The molecular weight excluding hydrogens is 418 g/mol. The summed E-state index contributed by atoms with van der Waals surface area (Å²) in [5.41, 5.74) is 7.04. The molecule has 0 spiro atoms. The van der Waals surface area contributed by atoms with Gasteiger partial charge in [-0.25, -0.2) is 23.3 Å². The molecule has 10 heteroatoms. The summed E-state index contributed by atoms with van der Waals surface area (Å²) in [7, 11) is 0. The maximum absolute atomic E-state index is 14.4. The van der Waals surface area contributed by atoms with Crippen molar-refractivity contribution in [2.24, 2.45) is 10.7 Å². The van der Waals surface area contributed by atoms with Crippen molar-refractivity contribution in [3.63, 3.8) is 0 Å². The Bertz CT molecular complexity index is 1190. The Morgan fingerprint density at radius 2 is 2.16 bits per heavy atom. The first-order valence-electron chi connectivity index (χ1n) is 10.4. The first kappa shape index (κ1) is 20.4. The van der Waals surface area contributed by atoms with E-state index in [2.05, 4.69) is 10.1 Å². The predicted molar refractivity (Wildman–Crippen MR) is 115 cm³/mol. The average molecular weight is 440 g/mol. The number of halogens is 2. The fraction of sp³-hybridized carbons (Fsp3) is 0.318. The number of anilines is 1. The molecule has 2 aliphatic heterocycles. The molecule has 2 aliphatic rings. The number of fused-ring (bicyclic) bond motifs is 1. The molecule has 0 bridgehead atoms. The highest BCUT2D eigenvalue weighted by molar-refractivity contribution is 5.81. The van der Waals surface area contributed by atoms with Crippen molar-refractivity contribution in [1.29, 1.82) is 0 Å². The molecule has 4 heterocycles. The Morgan fingerprint density at radius 1 is 1.28 bits per heavy atom. The van der Waals surface area contributed by atoms with Gasteiger partial charge in [-0.1, -0.05) is 0 Å². The molecule has 0 amide bonds. The van der Waals surface area contributed by atoms with Crippen molar-refractivity contribution in [2.75, 3.05) is 24.7 Å². The van der Waals surface area contributed by atoms with Crippen LogP contribution in [0.1, 0.15) is 24.4 Å². The molecule has 2 fully saturated rings. The van der Waals surface area contributed by atoms with Crippen LogP contribution in [0.3, 0.4) is 0 Å². The van der Waals surface area contributed by atoms with Gasteiger partial charge in [0.1, 0.15) is 29.2 Å². The molecule has 2 N–H and O–H groups in total. The van der Waals surface area contributed by atoms with Gasteiger partial charge >= 0.3 is 0 Å². The zero-order chi connectivity index (χ0) is 22.1. The van der Waals surface area contributed by atoms with Crippen LogP contribution < -0.4 is 10.6 Å². The number of nitrogens with zero attached hydrogens (tertiary/aromatic N) is 5. The van der Waals surface area contributed by atoms with Gasteiger partial charge in [-0.3, -0.25) is 0 Å². The minimum Gasteiger partial charge on any atom is -0.482 e. The number of allylic oxidation sites excluding steroid dienone is 1. The Labute approximate surface area is 183 Å². The van der Waals surface area contributed by atoms with Crippen molar-refractivity contribution in [3.05, 3.63) is 65.8 Å². The standard InChI is InChI=1S/C22H22F2N6O2/c23-14-3-4-18(24)17(8-14)20-2-1-6-29(20)21-5-7-30-22(28-21)19(11-27-30)26-10-15(9-25)32-16-12-31-13-16/h3-5,7-11,16,20H,1-2,6,12-13,25H2/t20-/m1/s1. The van der Waals surface area contributed by atoms with Gasteiger partial charge in [0, 0.05) is 24.5 Å². The smallest absolute Gasteiger partial charge is 0.183 e. The third-order valence-corrected chi connectivity index (χ3v) is 5.61. The second-order valence-electron chi connectivity index (χ2n) is 7.71. The molecule has 32 heavy (non-hydrogen) atoms. The molecule has 0 aliphatic carbocycles. The zero-order valence-electron chi connectivity index (χ0n) is 17.2. The van der Waals surface area contributed by atoms with Gasteiger partial charge in [0.25, 0.3) is 0 Å². The van der Waals surface area contributed by atoms with E-state index in [0.29, 0.717) is 54.7 Å². The highest BCUT2D eigenvalue weighted by atomic mass is 19.1. The van der Waals surface area contributed by atoms with E-state index in [1.807, 2.05) is 11.0 Å².